The second-order valence-corrected chi connectivity index (χ2v) is 8.21. The molecule has 6 heteroatoms. The van der Waals surface area contributed by atoms with Gasteiger partial charge in [-0.05, 0) is 23.9 Å². The number of hydrogen-bond donors (Lipinski definition) is 1. The standard InChI is InChI=1S/C21H26BrN3O2/c22-19-6-2-4-16-3-1-5-18(20(16)19)21(26)23-17-7-8-25(15-17)10-9-24-11-13-27-14-12-24/h1-6,17H,7-15H2,(H,23,26). The number of amides is 1. The molecule has 2 aromatic rings. The summed E-state index contributed by atoms with van der Waals surface area (Å²) < 4.78 is 6.37. The first-order valence-corrected chi connectivity index (χ1v) is 10.5. The van der Waals surface area contributed by atoms with Gasteiger partial charge in [0, 0.05) is 60.7 Å². The van der Waals surface area contributed by atoms with Gasteiger partial charge < -0.3 is 10.1 Å². The van der Waals surface area contributed by atoms with E-state index in [-0.39, 0.29) is 11.9 Å². The Morgan fingerprint density at radius 3 is 2.63 bits per heavy atom. The van der Waals surface area contributed by atoms with E-state index in [2.05, 4.69) is 31.0 Å². The first kappa shape index (κ1) is 18.9. The summed E-state index contributed by atoms with van der Waals surface area (Å²) in [6.07, 6.45) is 1.01. The van der Waals surface area contributed by atoms with Crippen molar-refractivity contribution in [2.24, 2.45) is 0 Å². The van der Waals surface area contributed by atoms with E-state index in [0.717, 1.165) is 79.7 Å². The quantitative estimate of drug-likeness (QED) is 0.790. The molecule has 2 aromatic carbocycles. The molecule has 0 aromatic heterocycles. The highest BCUT2D eigenvalue weighted by molar-refractivity contribution is 9.10. The van der Waals surface area contributed by atoms with Crippen LogP contribution in [-0.4, -0.2) is 74.2 Å². The molecule has 0 bridgehead atoms. The fraction of sp³-hybridized carbons (Fsp3) is 0.476. The predicted octanol–water partition coefficient (Wildman–Crippen LogP) is 2.74. The topological polar surface area (TPSA) is 44.8 Å². The zero-order valence-corrected chi connectivity index (χ0v) is 17.1. The van der Waals surface area contributed by atoms with Crippen LogP contribution in [0.4, 0.5) is 0 Å². The number of halogens is 1. The summed E-state index contributed by atoms with van der Waals surface area (Å²) in [5, 5.41) is 5.31. The molecule has 1 unspecified atom stereocenters. The largest absolute Gasteiger partial charge is 0.379 e. The van der Waals surface area contributed by atoms with Crippen molar-refractivity contribution in [3.05, 3.63) is 46.4 Å². The summed E-state index contributed by atoms with van der Waals surface area (Å²) in [6, 6.07) is 12.2. The van der Waals surface area contributed by atoms with Crippen molar-refractivity contribution in [2.75, 3.05) is 52.5 Å². The predicted molar refractivity (Wildman–Crippen MR) is 111 cm³/mol. The zero-order chi connectivity index (χ0) is 18.6. The van der Waals surface area contributed by atoms with Crippen molar-refractivity contribution >= 4 is 32.6 Å². The van der Waals surface area contributed by atoms with Gasteiger partial charge in [0.05, 0.1) is 13.2 Å². The normalized spacial score (nSPS) is 21.6. The van der Waals surface area contributed by atoms with E-state index in [1.54, 1.807) is 0 Å². The molecular weight excluding hydrogens is 406 g/mol. The van der Waals surface area contributed by atoms with Crippen LogP contribution in [0.1, 0.15) is 16.8 Å². The average Bonchev–Trinajstić information content (AvgIpc) is 3.14. The van der Waals surface area contributed by atoms with Crippen LogP contribution in [-0.2, 0) is 4.74 Å². The lowest BCUT2D eigenvalue weighted by Gasteiger charge is -2.28. The van der Waals surface area contributed by atoms with Gasteiger partial charge in [-0.25, -0.2) is 0 Å². The lowest BCUT2D eigenvalue weighted by molar-refractivity contribution is 0.0343. The van der Waals surface area contributed by atoms with E-state index in [4.69, 9.17) is 4.74 Å². The van der Waals surface area contributed by atoms with Gasteiger partial charge in [-0.2, -0.15) is 0 Å². The number of fused-ring (bicyclic) bond motifs is 1. The Balaban J connectivity index is 1.34. The molecule has 2 heterocycles. The molecule has 0 spiro atoms. The molecule has 4 rings (SSSR count). The number of rotatable bonds is 5. The summed E-state index contributed by atoms with van der Waals surface area (Å²) in [5.41, 5.74) is 0.742. The molecular formula is C21H26BrN3O2. The summed E-state index contributed by atoms with van der Waals surface area (Å²) in [6.45, 7) is 7.88. The SMILES string of the molecule is O=C(NC1CCN(CCN2CCOCC2)C1)c1cccc2cccc(Br)c12. The minimum absolute atomic E-state index is 0.0209. The Bertz CT molecular complexity index is 802. The number of carbonyl (C=O) groups excluding carboxylic acids is 1. The van der Waals surface area contributed by atoms with E-state index < -0.39 is 0 Å². The summed E-state index contributed by atoms with van der Waals surface area (Å²) in [5.74, 6) is 0.0209. The minimum atomic E-state index is 0.0209. The van der Waals surface area contributed by atoms with Crippen molar-refractivity contribution in [1.29, 1.82) is 0 Å². The highest BCUT2D eigenvalue weighted by atomic mass is 79.9. The van der Waals surface area contributed by atoms with Crippen LogP contribution < -0.4 is 5.32 Å². The zero-order valence-electron chi connectivity index (χ0n) is 15.5. The molecule has 0 aliphatic carbocycles. The maximum Gasteiger partial charge on any atom is 0.252 e. The first-order valence-electron chi connectivity index (χ1n) is 9.71. The molecule has 1 N–H and O–H groups in total. The maximum atomic E-state index is 12.9. The maximum absolute atomic E-state index is 12.9. The van der Waals surface area contributed by atoms with Crippen molar-refractivity contribution in [3.8, 4) is 0 Å². The first-order chi connectivity index (χ1) is 13.2. The fourth-order valence-electron chi connectivity index (χ4n) is 4.01. The van der Waals surface area contributed by atoms with Crippen LogP contribution in [0.25, 0.3) is 10.8 Å². The van der Waals surface area contributed by atoms with Crippen LogP contribution in [0.3, 0.4) is 0 Å². The molecule has 1 amide bonds. The number of ether oxygens (including phenoxy) is 1. The van der Waals surface area contributed by atoms with Gasteiger partial charge in [-0.15, -0.1) is 0 Å². The van der Waals surface area contributed by atoms with Gasteiger partial charge in [0.2, 0.25) is 0 Å². The summed E-state index contributed by atoms with van der Waals surface area (Å²) in [7, 11) is 0. The lowest BCUT2D eigenvalue weighted by atomic mass is 10.0. The highest BCUT2D eigenvalue weighted by Gasteiger charge is 2.25. The molecule has 5 nitrogen and oxygen atoms in total. The Morgan fingerprint density at radius 1 is 1.07 bits per heavy atom. The van der Waals surface area contributed by atoms with Crippen LogP contribution in [0.15, 0.2) is 40.9 Å². The summed E-state index contributed by atoms with van der Waals surface area (Å²) in [4.78, 5) is 17.8. The second kappa shape index (κ2) is 8.69. The van der Waals surface area contributed by atoms with Crippen molar-refractivity contribution < 1.29 is 9.53 Å². The molecule has 2 saturated heterocycles. The minimum Gasteiger partial charge on any atom is -0.379 e. The third kappa shape index (κ3) is 4.51. The van der Waals surface area contributed by atoms with E-state index in [0.29, 0.717) is 0 Å². The van der Waals surface area contributed by atoms with Crippen LogP contribution in [0.2, 0.25) is 0 Å². The molecule has 2 aliphatic heterocycles. The monoisotopic (exact) mass is 431 g/mol. The molecule has 27 heavy (non-hydrogen) atoms. The molecule has 144 valence electrons. The third-order valence-corrected chi connectivity index (χ3v) is 6.20. The Labute approximate surface area is 168 Å². The summed E-state index contributed by atoms with van der Waals surface area (Å²) >= 11 is 3.59. The number of benzene rings is 2. The lowest BCUT2D eigenvalue weighted by Crippen LogP contribution is -2.42. The number of hydrogen-bond acceptors (Lipinski definition) is 4. The molecule has 2 aliphatic rings. The molecule has 0 saturated carbocycles. The molecule has 1 atom stereocenters. The molecule has 2 fully saturated rings. The number of carbonyl (C=O) groups is 1. The van der Waals surface area contributed by atoms with Crippen molar-refractivity contribution in [1.82, 2.24) is 15.1 Å². The van der Waals surface area contributed by atoms with E-state index in [1.165, 1.54) is 0 Å². The van der Waals surface area contributed by atoms with E-state index >= 15 is 0 Å². The second-order valence-electron chi connectivity index (χ2n) is 7.36. The number of nitrogens with zero attached hydrogens (tertiary/aromatic N) is 2. The Morgan fingerprint density at radius 2 is 1.81 bits per heavy atom. The van der Waals surface area contributed by atoms with Crippen molar-refractivity contribution in [2.45, 2.75) is 12.5 Å². The average molecular weight is 432 g/mol. The van der Waals surface area contributed by atoms with Gasteiger partial charge in [0.1, 0.15) is 0 Å². The van der Waals surface area contributed by atoms with Crippen LogP contribution in [0.5, 0.6) is 0 Å². The van der Waals surface area contributed by atoms with Crippen LogP contribution >= 0.6 is 15.9 Å². The van der Waals surface area contributed by atoms with Crippen molar-refractivity contribution in [3.63, 3.8) is 0 Å². The highest BCUT2D eigenvalue weighted by Crippen LogP contribution is 2.27. The smallest absolute Gasteiger partial charge is 0.252 e. The Kier molecular flexibility index (Phi) is 6.08. The number of nitrogens with one attached hydrogen (secondary N) is 1. The number of likely N-dealkylation sites (tertiary alicyclic amines) is 1. The van der Waals surface area contributed by atoms with Gasteiger partial charge in [0.15, 0.2) is 0 Å². The molecule has 0 radical (unpaired) electrons. The van der Waals surface area contributed by atoms with Crippen LogP contribution in [0, 0.1) is 0 Å². The number of morpholine rings is 1. The Hall–Kier alpha value is -1.47. The van der Waals surface area contributed by atoms with Gasteiger partial charge in [-0.1, -0.05) is 40.2 Å². The fourth-order valence-corrected chi connectivity index (χ4v) is 4.60. The van der Waals surface area contributed by atoms with Gasteiger partial charge >= 0.3 is 0 Å². The van der Waals surface area contributed by atoms with E-state index in [1.807, 2.05) is 36.4 Å². The van der Waals surface area contributed by atoms with E-state index in [9.17, 15) is 4.79 Å². The van der Waals surface area contributed by atoms with Gasteiger partial charge in [0.25, 0.3) is 5.91 Å². The van der Waals surface area contributed by atoms with Gasteiger partial charge in [-0.3, -0.25) is 14.6 Å². The third-order valence-electron chi connectivity index (χ3n) is 5.54.